The molecule has 172 valence electrons. The Kier molecular flexibility index (Phi) is 7.65. The van der Waals surface area contributed by atoms with Crippen LogP contribution in [0.2, 0.25) is 0 Å². The Bertz CT molecular complexity index is 946. The summed E-state index contributed by atoms with van der Waals surface area (Å²) in [7, 11) is 2.75. The highest BCUT2D eigenvalue weighted by Crippen LogP contribution is 2.28. The standard InChI is InChI=1S/C22H24O10/c1-28-14-9-5-3-7-12(14)20(26)31-19-18(25)17(24)16(11-23)30-22(19)32-21(27)13-8-4-6-10-15(13)29-2/h3-10,16-19,22-25H,11H2,1-2H3/t16-,17-,18+,19-,22+/m1/s1. The Morgan fingerprint density at radius 1 is 0.844 bits per heavy atom. The third-order valence-electron chi connectivity index (χ3n) is 4.94. The lowest BCUT2D eigenvalue weighted by Gasteiger charge is -2.40. The van der Waals surface area contributed by atoms with Gasteiger partial charge in [0, 0.05) is 0 Å². The van der Waals surface area contributed by atoms with Crippen LogP contribution in [0.5, 0.6) is 11.5 Å². The van der Waals surface area contributed by atoms with E-state index >= 15 is 0 Å². The molecule has 0 unspecified atom stereocenters. The van der Waals surface area contributed by atoms with Crippen LogP contribution in [0, 0.1) is 0 Å². The lowest BCUT2D eigenvalue weighted by Crippen LogP contribution is -2.60. The van der Waals surface area contributed by atoms with Crippen molar-refractivity contribution in [2.45, 2.75) is 30.7 Å². The predicted octanol–water partition coefficient (Wildman–Crippen LogP) is 0.525. The minimum absolute atomic E-state index is 0.0516. The van der Waals surface area contributed by atoms with Crippen molar-refractivity contribution in [3.8, 4) is 11.5 Å². The van der Waals surface area contributed by atoms with Gasteiger partial charge in [-0.3, -0.25) is 0 Å². The molecule has 0 saturated carbocycles. The molecule has 0 spiro atoms. The van der Waals surface area contributed by atoms with Crippen molar-refractivity contribution in [3.63, 3.8) is 0 Å². The number of carbonyl (C=O) groups is 2. The average Bonchev–Trinajstić information content (AvgIpc) is 2.83. The van der Waals surface area contributed by atoms with Crippen molar-refractivity contribution in [2.75, 3.05) is 20.8 Å². The minimum atomic E-state index is -1.71. The number of ether oxygens (including phenoxy) is 5. The van der Waals surface area contributed by atoms with Crippen LogP contribution >= 0.6 is 0 Å². The van der Waals surface area contributed by atoms with E-state index in [1.54, 1.807) is 36.4 Å². The average molecular weight is 448 g/mol. The number of esters is 2. The van der Waals surface area contributed by atoms with Crippen molar-refractivity contribution < 1.29 is 48.6 Å². The maximum absolute atomic E-state index is 12.7. The van der Waals surface area contributed by atoms with Gasteiger partial charge in [0.2, 0.25) is 6.29 Å². The molecule has 5 atom stereocenters. The molecule has 2 aromatic carbocycles. The molecular formula is C22H24O10. The highest BCUT2D eigenvalue weighted by molar-refractivity contribution is 5.93. The van der Waals surface area contributed by atoms with Crippen molar-refractivity contribution in [2.24, 2.45) is 0 Å². The molecule has 3 N–H and O–H groups in total. The summed E-state index contributed by atoms with van der Waals surface area (Å²) in [6.45, 7) is -0.673. The number of para-hydroxylation sites is 2. The second-order valence-corrected chi connectivity index (χ2v) is 6.88. The number of hydrogen-bond donors (Lipinski definition) is 3. The molecule has 2 aromatic rings. The summed E-state index contributed by atoms with van der Waals surface area (Å²) in [5.74, 6) is -1.33. The summed E-state index contributed by atoms with van der Waals surface area (Å²) in [5, 5.41) is 30.2. The third-order valence-corrected chi connectivity index (χ3v) is 4.94. The molecule has 0 radical (unpaired) electrons. The van der Waals surface area contributed by atoms with Crippen LogP contribution in [0.15, 0.2) is 48.5 Å². The quantitative estimate of drug-likeness (QED) is 0.514. The Morgan fingerprint density at radius 3 is 1.84 bits per heavy atom. The van der Waals surface area contributed by atoms with Crippen LogP contribution < -0.4 is 9.47 Å². The van der Waals surface area contributed by atoms with Crippen molar-refractivity contribution in [1.29, 1.82) is 0 Å². The summed E-state index contributed by atoms with van der Waals surface area (Å²) in [4.78, 5) is 25.5. The largest absolute Gasteiger partial charge is 0.496 e. The number of aliphatic hydroxyl groups is 3. The van der Waals surface area contributed by atoms with Gasteiger partial charge in [0.1, 0.15) is 40.9 Å². The molecule has 10 heteroatoms. The van der Waals surface area contributed by atoms with E-state index in [0.717, 1.165) is 0 Å². The molecule has 10 nitrogen and oxygen atoms in total. The van der Waals surface area contributed by atoms with Crippen LogP contribution in [0.3, 0.4) is 0 Å². The molecule has 32 heavy (non-hydrogen) atoms. The van der Waals surface area contributed by atoms with Gasteiger partial charge in [0.15, 0.2) is 6.10 Å². The number of methoxy groups -OCH3 is 2. The van der Waals surface area contributed by atoms with Gasteiger partial charge in [-0.05, 0) is 24.3 Å². The zero-order chi connectivity index (χ0) is 23.3. The third kappa shape index (κ3) is 4.83. The van der Waals surface area contributed by atoms with Crippen LogP contribution in [-0.2, 0) is 14.2 Å². The molecule has 0 amide bonds. The minimum Gasteiger partial charge on any atom is -0.496 e. The topological polar surface area (TPSA) is 141 Å². The fourth-order valence-electron chi connectivity index (χ4n) is 3.26. The molecular weight excluding hydrogens is 424 g/mol. The molecule has 1 saturated heterocycles. The van der Waals surface area contributed by atoms with Crippen molar-refractivity contribution in [3.05, 3.63) is 59.7 Å². The second-order valence-electron chi connectivity index (χ2n) is 6.88. The Morgan fingerprint density at radius 2 is 1.34 bits per heavy atom. The lowest BCUT2D eigenvalue weighted by atomic mass is 9.99. The second kappa shape index (κ2) is 10.4. The van der Waals surface area contributed by atoms with E-state index < -0.39 is 49.3 Å². The first-order valence-electron chi connectivity index (χ1n) is 9.71. The predicted molar refractivity (Wildman–Crippen MR) is 108 cm³/mol. The number of benzene rings is 2. The van der Waals surface area contributed by atoms with E-state index in [2.05, 4.69) is 0 Å². The van der Waals surface area contributed by atoms with Crippen molar-refractivity contribution >= 4 is 11.9 Å². The monoisotopic (exact) mass is 448 g/mol. The van der Waals surface area contributed by atoms with E-state index in [1.165, 1.54) is 26.4 Å². The fourth-order valence-corrected chi connectivity index (χ4v) is 3.26. The molecule has 1 aliphatic heterocycles. The summed E-state index contributed by atoms with van der Waals surface area (Å²) in [6, 6.07) is 12.5. The van der Waals surface area contributed by atoms with Crippen LogP contribution in [0.4, 0.5) is 0 Å². The fraction of sp³-hybridized carbons (Fsp3) is 0.364. The van der Waals surface area contributed by atoms with E-state index in [1.807, 2.05) is 0 Å². The van der Waals surface area contributed by atoms with Gasteiger partial charge >= 0.3 is 11.9 Å². The first-order valence-corrected chi connectivity index (χ1v) is 9.71. The Balaban J connectivity index is 1.86. The van der Waals surface area contributed by atoms with Gasteiger partial charge in [-0.15, -0.1) is 0 Å². The molecule has 1 fully saturated rings. The highest BCUT2D eigenvalue weighted by atomic mass is 16.7. The molecule has 0 aliphatic carbocycles. The van der Waals surface area contributed by atoms with Gasteiger partial charge in [0.05, 0.1) is 20.8 Å². The van der Waals surface area contributed by atoms with Gasteiger partial charge in [0.25, 0.3) is 0 Å². The van der Waals surface area contributed by atoms with E-state index in [-0.39, 0.29) is 22.6 Å². The number of aliphatic hydroxyl groups excluding tert-OH is 3. The van der Waals surface area contributed by atoms with Gasteiger partial charge in [-0.25, -0.2) is 9.59 Å². The maximum Gasteiger partial charge on any atom is 0.344 e. The van der Waals surface area contributed by atoms with E-state index in [9.17, 15) is 24.9 Å². The molecule has 0 aromatic heterocycles. The molecule has 3 rings (SSSR count). The summed E-state index contributed by atoms with van der Waals surface area (Å²) in [6.07, 6.45) is -7.81. The lowest BCUT2D eigenvalue weighted by molar-refractivity contribution is -0.284. The zero-order valence-corrected chi connectivity index (χ0v) is 17.4. The van der Waals surface area contributed by atoms with Gasteiger partial charge in [-0.2, -0.15) is 0 Å². The van der Waals surface area contributed by atoms with Gasteiger partial charge in [-0.1, -0.05) is 24.3 Å². The normalized spacial score (nSPS) is 25.0. The summed E-state index contributed by atoms with van der Waals surface area (Å²) < 4.78 is 26.4. The number of rotatable bonds is 7. The number of hydrogen-bond acceptors (Lipinski definition) is 10. The van der Waals surface area contributed by atoms with E-state index in [4.69, 9.17) is 23.7 Å². The Hall–Kier alpha value is -3.18. The van der Waals surface area contributed by atoms with Crippen LogP contribution in [-0.4, -0.2) is 78.8 Å². The summed E-state index contributed by atoms with van der Waals surface area (Å²) in [5.41, 5.74) is 0.116. The molecule has 0 bridgehead atoms. The molecule has 1 aliphatic rings. The highest BCUT2D eigenvalue weighted by Gasteiger charge is 2.49. The first-order chi connectivity index (χ1) is 15.4. The zero-order valence-electron chi connectivity index (χ0n) is 17.4. The van der Waals surface area contributed by atoms with E-state index in [0.29, 0.717) is 0 Å². The first kappa shape index (κ1) is 23.5. The van der Waals surface area contributed by atoms with Crippen molar-refractivity contribution in [1.82, 2.24) is 0 Å². The summed E-state index contributed by atoms with van der Waals surface area (Å²) >= 11 is 0. The number of carbonyl (C=O) groups excluding carboxylic acids is 2. The molecule has 1 heterocycles. The Labute approximate surface area is 183 Å². The smallest absolute Gasteiger partial charge is 0.344 e. The SMILES string of the molecule is COc1ccccc1C(=O)O[C@@H]1O[C@H](CO)[C@@H](O)[C@H](O)[C@H]1OC(=O)c1ccccc1OC. The van der Waals surface area contributed by atoms with Crippen LogP contribution in [0.1, 0.15) is 20.7 Å². The van der Waals surface area contributed by atoms with Crippen LogP contribution in [0.25, 0.3) is 0 Å². The van der Waals surface area contributed by atoms with Gasteiger partial charge < -0.3 is 39.0 Å². The maximum atomic E-state index is 12.7.